The SMILES string of the molecule is CC(=O)Cl.CC(=O)N(C)C1(c2ccccc2)CCC(c2ccccc2)(N(C)C)CC1. The van der Waals surface area contributed by atoms with Gasteiger partial charge in [-0.3, -0.25) is 14.5 Å². The fourth-order valence-electron chi connectivity index (χ4n) is 4.69. The molecular formula is C25H33ClN2O2. The van der Waals surface area contributed by atoms with E-state index in [2.05, 4.69) is 85.2 Å². The number of hydrogen-bond donors (Lipinski definition) is 0. The van der Waals surface area contributed by atoms with Crippen molar-refractivity contribution in [1.29, 1.82) is 0 Å². The first-order chi connectivity index (χ1) is 14.2. The maximum Gasteiger partial charge on any atom is 0.219 e. The van der Waals surface area contributed by atoms with Gasteiger partial charge in [-0.05, 0) is 62.5 Å². The minimum atomic E-state index is -0.361. The van der Waals surface area contributed by atoms with Crippen LogP contribution in [0.4, 0.5) is 0 Å². The number of nitrogens with zero attached hydrogens (tertiary/aromatic N) is 2. The molecule has 162 valence electrons. The lowest BCUT2D eigenvalue weighted by molar-refractivity contribution is -0.136. The molecule has 0 atom stereocenters. The Balaban J connectivity index is 0.000000735. The first kappa shape index (κ1) is 24.1. The van der Waals surface area contributed by atoms with Crippen LogP contribution in [-0.2, 0) is 20.7 Å². The van der Waals surface area contributed by atoms with Crippen molar-refractivity contribution in [2.45, 2.75) is 50.6 Å². The molecule has 0 radical (unpaired) electrons. The highest BCUT2D eigenvalue weighted by molar-refractivity contribution is 6.62. The molecular weight excluding hydrogens is 396 g/mol. The highest BCUT2D eigenvalue weighted by Gasteiger charge is 2.48. The first-order valence-corrected chi connectivity index (χ1v) is 10.7. The number of benzene rings is 2. The van der Waals surface area contributed by atoms with Gasteiger partial charge in [-0.2, -0.15) is 0 Å². The summed E-state index contributed by atoms with van der Waals surface area (Å²) in [6.45, 7) is 2.97. The quantitative estimate of drug-likeness (QED) is 0.631. The number of amides is 1. The molecule has 4 nitrogen and oxygen atoms in total. The Morgan fingerprint density at radius 3 is 1.40 bits per heavy atom. The molecule has 0 spiro atoms. The summed E-state index contributed by atoms with van der Waals surface area (Å²) < 4.78 is 0. The van der Waals surface area contributed by atoms with Gasteiger partial charge in [0.15, 0.2) is 0 Å². The number of rotatable bonds is 4. The van der Waals surface area contributed by atoms with Crippen LogP contribution in [-0.4, -0.2) is 42.1 Å². The summed E-state index contributed by atoms with van der Waals surface area (Å²) in [5.74, 6) is 0.130. The minimum absolute atomic E-state index is 0.0250. The molecule has 0 saturated heterocycles. The average Bonchev–Trinajstić information content (AvgIpc) is 2.74. The molecule has 0 aliphatic heterocycles. The van der Waals surface area contributed by atoms with Crippen molar-refractivity contribution in [2.24, 2.45) is 0 Å². The van der Waals surface area contributed by atoms with E-state index >= 15 is 0 Å². The topological polar surface area (TPSA) is 40.6 Å². The van der Waals surface area contributed by atoms with E-state index in [1.54, 1.807) is 6.92 Å². The Morgan fingerprint density at radius 1 is 0.733 bits per heavy atom. The van der Waals surface area contributed by atoms with Gasteiger partial charge >= 0.3 is 0 Å². The lowest BCUT2D eigenvalue weighted by Gasteiger charge is -2.53. The Labute approximate surface area is 185 Å². The molecule has 1 aliphatic rings. The molecule has 1 amide bonds. The predicted molar refractivity (Wildman–Crippen MR) is 123 cm³/mol. The molecule has 1 fully saturated rings. The maximum absolute atomic E-state index is 12.3. The van der Waals surface area contributed by atoms with Gasteiger partial charge in [0.1, 0.15) is 0 Å². The second kappa shape index (κ2) is 10.2. The lowest BCUT2D eigenvalue weighted by atomic mass is 9.66. The molecule has 3 rings (SSSR count). The summed E-state index contributed by atoms with van der Waals surface area (Å²) in [7, 11) is 6.31. The van der Waals surface area contributed by atoms with Crippen molar-refractivity contribution in [3.05, 3.63) is 71.8 Å². The van der Waals surface area contributed by atoms with Crippen LogP contribution in [0.15, 0.2) is 60.7 Å². The summed E-state index contributed by atoms with van der Waals surface area (Å²) in [4.78, 5) is 25.8. The van der Waals surface area contributed by atoms with Gasteiger partial charge in [0.05, 0.1) is 5.54 Å². The van der Waals surface area contributed by atoms with E-state index in [9.17, 15) is 9.59 Å². The lowest BCUT2D eigenvalue weighted by Crippen LogP contribution is -2.54. The van der Waals surface area contributed by atoms with Crippen LogP contribution < -0.4 is 0 Å². The molecule has 1 saturated carbocycles. The van der Waals surface area contributed by atoms with Crippen LogP contribution in [0.25, 0.3) is 0 Å². The van der Waals surface area contributed by atoms with Gasteiger partial charge in [-0.1, -0.05) is 60.7 Å². The van der Waals surface area contributed by atoms with Gasteiger partial charge in [0.2, 0.25) is 11.1 Å². The largest absolute Gasteiger partial charge is 0.336 e. The molecule has 5 heteroatoms. The van der Waals surface area contributed by atoms with Crippen LogP contribution in [0, 0.1) is 0 Å². The zero-order valence-corrected chi connectivity index (χ0v) is 19.4. The summed E-state index contributed by atoms with van der Waals surface area (Å²) in [6.07, 6.45) is 3.97. The van der Waals surface area contributed by atoms with Crippen molar-refractivity contribution >= 4 is 22.8 Å². The van der Waals surface area contributed by atoms with E-state index in [1.165, 1.54) is 18.1 Å². The molecule has 0 bridgehead atoms. The van der Waals surface area contributed by atoms with E-state index < -0.39 is 0 Å². The Morgan fingerprint density at radius 2 is 1.07 bits per heavy atom. The monoisotopic (exact) mass is 428 g/mol. The number of hydrogen-bond acceptors (Lipinski definition) is 3. The van der Waals surface area contributed by atoms with Crippen LogP contribution in [0.1, 0.15) is 50.7 Å². The highest BCUT2D eigenvalue weighted by Crippen LogP contribution is 2.50. The van der Waals surface area contributed by atoms with Crippen molar-refractivity contribution in [1.82, 2.24) is 9.80 Å². The third-order valence-corrected chi connectivity index (χ3v) is 6.50. The van der Waals surface area contributed by atoms with Gasteiger partial charge in [-0.25, -0.2) is 0 Å². The van der Waals surface area contributed by atoms with Gasteiger partial charge in [0, 0.05) is 26.4 Å². The smallest absolute Gasteiger partial charge is 0.219 e. The van der Waals surface area contributed by atoms with Gasteiger partial charge in [-0.15, -0.1) is 0 Å². The van der Waals surface area contributed by atoms with Crippen molar-refractivity contribution in [3.8, 4) is 0 Å². The van der Waals surface area contributed by atoms with Crippen LogP contribution in [0.5, 0.6) is 0 Å². The molecule has 30 heavy (non-hydrogen) atoms. The number of carbonyl (C=O) groups excluding carboxylic acids is 2. The predicted octanol–water partition coefficient (Wildman–Crippen LogP) is 5.16. The third kappa shape index (κ3) is 5.11. The summed E-state index contributed by atoms with van der Waals surface area (Å²) in [5, 5.41) is -0.361. The summed E-state index contributed by atoms with van der Waals surface area (Å²) in [6, 6.07) is 21.4. The Bertz CT molecular complexity index is 825. The molecule has 2 aromatic carbocycles. The van der Waals surface area contributed by atoms with Crippen molar-refractivity contribution < 1.29 is 9.59 Å². The first-order valence-electron chi connectivity index (χ1n) is 10.3. The van der Waals surface area contributed by atoms with Crippen LogP contribution in [0.2, 0.25) is 0 Å². The van der Waals surface area contributed by atoms with E-state index in [4.69, 9.17) is 0 Å². The van der Waals surface area contributed by atoms with Crippen molar-refractivity contribution in [2.75, 3.05) is 21.1 Å². The molecule has 0 heterocycles. The molecule has 2 aromatic rings. The highest BCUT2D eigenvalue weighted by atomic mass is 35.5. The Hall–Kier alpha value is -2.17. The molecule has 0 N–H and O–H groups in total. The maximum atomic E-state index is 12.3. The van der Waals surface area contributed by atoms with E-state index in [0.29, 0.717) is 0 Å². The second-order valence-electron chi connectivity index (χ2n) is 8.24. The molecule has 1 aliphatic carbocycles. The molecule has 0 aromatic heterocycles. The van der Waals surface area contributed by atoms with Crippen LogP contribution >= 0.6 is 11.6 Å². The minimum Gasteiger partial charge on any atom is -0.336 e. The van der Waals surface area contributed by atoms with E-state index in [1.807, 2.05) is 18.0 Å². The van der Waals surface area contributed by atoms with Gasteiger partial charge < -0.3 is 4.90 Å². The number of carbonyl (C=O) groups is 2. The van der Waals surface area contributed by atoms with Gasteiger partial charge in [0.25, 0.3) is 0 Å². The van der Waals surface area contributed by atoms with E-state index in [0.717, 1.165) is 25.7 Å². The zero-order valence-electron chi connectivity index (χ0n) is 18.7. The zero-order chi connectivity index (χ0) is 22.4. The summed E-state index contributed by atoms with van der Waals surface area (Å²) >= 11 is 4.64. The summed E-state index contributed by atoms with van der Waals surface area (Å²) in [5.41, 5.74) is 2.42. The number of halogens is 1. The normalized spacial score (nSPS) is 23.3. The fourth-order valence-corrected chi connectivity index (χ4v) is 4.69. The fraction of sp³-hybridized carbons (Fsp3) is 0.440. The van der Waals surface area contributed by atoms with Crippen LogP contribution in [0.3, 0.4) is 0 Å². The Kier molecular flexibility index (Phi) is 8.22. The van der Waals surface area contributed by atoms with E-state index in [-0.39, 0.29) is 22.2 Å². The second-order valence-corrected chi connectivity index (χ2v) is 8.77. The molecule has 0 unspecified atom stereocenters. The standard InChI is InChI=1S/C23H30N2O.C2H3ClO/c1-19(26)25(4)23(21-13-9-6-10-14-21)17-15-22(16-18-23,24(2)3)20-11-7-5-8-12-20;1-2(3)4/h5-14H,15-18H2,1-4H3;1H3. The average molecular weight is 429 g/mol. The third-order valence-electron chi connectivity index (χ3n) is 6.50. The van der Waals surface area contributed by atoms with Crippen molar-refractivity contribution in [3.63, 3.8) is 0 Å².